The van der Waals surface area contributed by atoms with Crippen LogP contribution in [0.5, 0.6) is 5.88 Å². The van der Waals surface area contributed by atoms with Crippen molar-refractivity contribution in [2.75, 3.05) is 13.1 Å². The average Bonchev–Trinajstić information content (AvgIpc) is 3.08. The number of amides is 1. The van der Waals surface area contributed by atoms with Gasteiger partial charge in [-0.05, 0) is 32.8 Å². The molecule has 3 rings (SSSR count). The van der Waals surface area contributed by atoms with Gasteiger partial charge < -0.3 is 14.6 Å². The predicted molar refractivity (Wildman–Crippen MR) is 86.5 cm³/mol. The number of aromatic nitrogens is 3. The van der Waals surface area contributed by atoms with Gasteiger partial charge in [0.15, 0.2) is 0 Å². The predicted octanol–water partition coefficient (Wildman–Crippen LogP) is 2.61. The van der Waals surface area contributed by atoms with Gasteiger partial charge in [0, 0.05) is 37.5 Å². The van der Waals surface area contributed by atoms with Crippen LogP contribution in [0.25, 0.3) is 0 Å². The van der Waals surface area contributed by atoms with Gasteiger partial charge in [-0.3, -0.25) is 4.79 Å². The van der Waals surface area contributed by atoms with Gasteiger partial charge in [-0.1, -0.05) is 6.07 Å². The summed E-state index contributed by atoms with van der Waals surface area (Å²) >= 11 is 0. The second-order valence-electron chi connectivity index (χ2n) is 6.09. The lowest BCUT2D eigenvalue weighted by Crippen LogP contribution is -2.39. The number of hydrogen-bond donors (Lipinski definition) is 1. The molecule has 2 aromatic heterocycles. The average molecular weight is 314 g/mol. The summed E-state index contributed by atoms with van der Waals surface area (Å²) in [6.07, 6.45) is 5.63. The van der Waals surface area contributed by atoms with Crippen LogP contribution in [-0.4, -0.2) is 45.0 Å². The Labute approximate surface area is 135 Å². The van der Waals surface area contributed by atoms with Crippen molar-refractivity contribution in [1.29, 1.82) is 0 Å². The smallest absolute Gasteiger partial charge is 0.272 e. The van der Waals surface area contributed by atoms with Crippen LogP contribution in [0.2, 0.25) is 0 Å². The maximum Gasteiger partial charge on any atom is 0.272 e. The van der Waals surface area contributed by atoms with Crippen LogP contribution in [-0.2, 0) is 0 Å². The molecule has 6 heteroatoms. The first-order valence-corrected chi connectivity index (χ1v) is 8.05. The fourth-order valence-electron chi connectivity index (χ4n) is 2.89. The zero-order valence-electron chi connectivity index (χ0n) is 13.5. The van der Waals surface area contributed by atoms with Crippen LogP contribution in [0.3, 0.4) is 0 Å². The van der Waals surface area contributed by atoms with Gasteiger partial charge in [-0.2, -0.15) is 0 Å². The molecule has 0 saturated carbocycles. The number of nitrogens with zero attached hydrogens (tertiary/aromatic N) is 3. The molecule has 1 aliphatic heterocycles. The molecular formula is C17H22N4O2. The number of likely N-dealkylation sites (tertiary alicyclic amines) is 1. The monoisotopic (exact) mass is 314 g/mol. The van der Waals surface area contributed by atoms with Crippen LogP contribution < -0.4 is 4.74 Å². The van der Waals surface area contributed by atoms with Crippen LogP contribution >= 0.6 is 0 Å². The van der Waals surface area contributed by atoms with E-state index in [1.54, 1.807) is 18.3 Å². The van der Waals surface area contributed by atoms with E-state index in [1.807, 2.05) is 31.0 Å². The number of pyridine rings is 1. The molecule has 1 N–H and O–H groups in total. The highest BCUT2D eigenvalue weighted by atomic mass is 16.5. The molecule has 0 bridgehead atoms. The first-order valence-electron chi connectivity index (χ1n) is 8.05. The molecular weight excluding hydrogens is 292 g/mol. The molecule has 6 nitrogen and oxygen atoms in total. The number of carbonyl (C=O) groups excluding carboxylic acids is 1. The Bertz CT molecular complexity index is 654. The van der Waals surface area contributed by atoms with Gasteiger partial charge in [0.2, 0.25) is 5.88 Å². The van der Waals surface area contributed by atoms with Gasteiger partial charge in [0.05, 0.1) is 6.10 Å². The van der Waals surface area contributed by atoms with Crippen LogP contribution in [0, 0.1) is 0 Å². The third-order valence-electron chi connectivity index (χ3n) is 3.91. The second kappa shape index (κ2) is 6.81. The van der Waals surface area contributed by atoms with Gasteiger partial charge in [-0.25, -0.2) is 9.97 Å². The van der Waals surface area contributed by atoms with E-state index in [1.165, 1.54) is 0 Å². The summed E-state index contributed by atoms with van der Waals surface area (Å²) in [4.78, 5) is 26.4. The zero-order chi connectivity index (χ0) is 16.2. The SMILES string of the molecule is CC(C)Oc1cccc(C(=O)N2CCCC(c3ncc[nH]3)C2)n1. The van der Waals surface area contributed by atoms with Crippen molar-refractivity contribution in [3.05, 3.63) is 42.1 Å². The minimum atomic E-state index is -0.0459. The van der Waals surface area contributed by atoms with Gasteiger partial charge in [-0.15, -0.1) is 0 Å². The Morgan fingerprint density at radius 3 is 3.04 bits per heavy atom. The molecule has 23 heavy (non-hydrogen) atoms. The number of ether oxygens (including phenoxy) is 1. The number of piperidine rings is 1. The molecule has 2 aromatic rings. The number of rotatable bonds is 4. The van der Waals surface area contributed by atoms with Crippen molar-refractivity contribution in [2.24, 2.45) is 0 Å². The molecule has 1 fully saturated rings. The van der Waals surface area contributed by atoms with Crippen molar-refractivity contribution in [2.45, 2.75) is 38.7 Å². The molecule has 0 aliphatic carbocycles. The molecule has 0 spiro atoms. The lowest BCUT2D eigenvalue weighted by molar-refractivity contribution is 0.0697. The van der Waals surface area contributed by atoms with Gasteiger partial charge >= 0.3 is 0 Å². The summed E-state index contributed by atoms with van der Waals surface area (Å²) in [5.41, 5.74) is 0.434. The number of aromatic amines is 1. The summed E-state index contributed by atoms with van der Waals surface area (Å²) < 4.78 is 5.58. The number of carbonyl (C=O) groups is 1. The molecule has 0 aromatic carbocycles. The van der Waals surface area contributed by atoms with Crippen LogP contribution in [0.4, 0.5) is 0 Å². The molecule has 0 radical (unpaired) electrons. The number of nitrogens with one attached hydrogen (secondary N) is 1. The third-order valence-corrected chi connectivity index (χ3v) is 3.91. The molecule has 1 unspecified atom stereocenters. The van der Waals surface area contributed by atoms with E-state index in [-0.39, 0.29) is 17.9 Å². The maximum atomic E-state index is 12.7. The fraction of sp³-hybridized carbons (Fsp3) is 0.471. The van der Waals surface area contributed by atoms with E-state index in [9.17, 15) is 4.79 Å². The molecule has 3 heterocycles. The van der Waals surface area contributed by atoms with E-state index in [4.69, 9.17) is 4.74 Å². The molecule has 1 amide bonds. The highest BCUT2D eigenvalue weighted by Gasteiger charge is 2.27. The van der Waals surface area contributed by atoms with Crippen molar-refractivity contribution in [3.63, 3.8) is 0 Å². The lowest BCUT2D eigenvalue weighted by atomic mass is 9.97. The van der Waals surface area contributed by atoms with Crippen molar-refractivity contribution >= 4 is 5.91 Å². The summed E-state index contributed by atoms with van der Waals surface area (Å²) in [5, 5.41) is 0. The summed E-state index contributed by atoms with van der Waals surface area (Å²) in [7, 11) is 0. The summed E-state index contributed by atoms with van der Waals surface area (Å²) in [6.45, 7) is 5.31. The first-order chi connectivity index (χ1) is 11.1. The maximum absolute atomic E-state index is 12.7. The first kappa shape index (κ1) is 15.5. The number of H-pyrrole nitrogens is 1. The van der Waals surface area contributed by atoms with E-state index in [2.05, 4.69) is 15.0 Å². The normalized spacial score (nSPS) is 18.2. The minimum absolute atomic E-state index is 0.0335. The van der Waals surface area contributed by atoms with Crippen LogP contribution in [0.1, 0.15) is 48.9 Å². The van der Waals surface area contributed by atoms with Crippen molar-refractivity contribution in [1.82, 2.24) is 19.9 Å². The number of imidazole rings is 1. The minimum Gasteiger partial charge on any atom is -0.475 e. The second-order valence-corrected chi connectivity index (χ2v) is 6.09. The Balaban J connectivity index is 1.72. The van der Waals surface area contributed by atoms with Crippen molar-refractivity contribution in [3.8, 4) is 5.88 Å². The molecule has 1 atom stereocenters. The third kappa shape index (κ3) is 3.70. The largest absolute Gasteiger partial charge is 0.475 e. The molecule has 122 valence electrons. The van der Waals surface area contributed by atoms with E-state index in [0.717, 1.165) is 25.2 Å². The molecule has 1 saturated heterocycles. The summed E-state index contributed by atoms with van der Waals surface area (Å²) in [6, 6.07) is 5.33. The Morgan fingerprint density at radius 1 is 1.43 bits per heavy atom. The van der Waals surface area contributed by atoms with Gasteiger partial charge in [0.1, 0.15) is 11.5 Å². The van der Waals surface area contributed by atoms with E-state index >= 15 is 0 Å². The van der Waals surface area contributed by atoms with Gasteiger partial charge in [0.25, 0.3) is 5.91 Å². The Morgan fingerprint density at radius 2 is 2.30 bits per heavy atom. The van der Waals surface area contributed by atoms with Crippen LogP contribution in [0.15, 0.2) is 30.6 Å². The fourth-order valence-corrected chi connectivity index (χ4v) is 2.89. The topological polar surface area (TPSA) is 71.1 Å². The lowest BCUT2D eigenvalue weighted by Gasteiger charge is -2.31. The standard InChI is InChI=1S/C17H22N4O2/c1-12(2)23-15-7-3-6-14(20-15)17(22)21-10-4-5-13(11-21)16-18-8-9-19-16/h3,6-9,12-13H,4-5,10-11H2,1-2H3,(H,18,19). The summed E-state index contributed by atoms with van der Waals surface area (Å²) in [5.74, 6) is 1.66. The Kier molecular flexibility index (Phi) is 4.60. The molecule has 1 aliphatic rings. The Hall–Kier alpha value is -2.37. The van der Waals surface area contributed by atoms with E-state index in [0.29, 0.717) is 18.1 Å². The zero-order valence-corrected chi connectivity index (χ0v) is 13.5. The number of hydrogen-bond acceptors (Lipinski definition) is 4. The quantitative estimate of drug-likeness (QED) is 0.941. The van der Waals surface area contributed by atoms with E-state index < -0.39 is 0 Å². The highest BCUT2D eigenvalue weighted by Crippen LogP contribution is 2.25. The van der Waals surface area contributed by atoms with Crippen molar-refractivity contribution < 1.29 is 9.53 Å². The highest BCUT2D eigenvalue weighted by molar-refractivity contribution is 5.92.